The molecule has 0 saturated heterocycles. The Balaban J connectivity index is 3.85. The standard InChI is InChI=1S/C16H36N2O3Si/c1-15(2,3)21-14(19)18(7)12-10-17-11-13-20-22(8,9)16(4,5)6/h17H,10-13H2,1-9H3. The summed E-state index contributed by atoms with van der Waals surface area (Å²) in [6.07, 6.45) is -0.285. The molecule has 1 N–H and O–H groups in total. The maximum atomic E-state index is 11.8. The molecule has 0 unspecified atom stereocenters. The summed E-state index contributed by atoms with van der Waals surface area (Å²) < 4.78 is 11.4. The third kappa shape index (κ3) is 8.75. The highest BCUT2D eigenvalue weighted by Crippen LogP contribution is 2.36. The molecule has 0 radical (unpaired) electrons. The molecule has 0 aromatic rings. The van der Waals surface area contributed by atoms with E-state index < -0.39 is 13.9 Å². The van der Waals surface area contributed by atoms with Gasteiger partial charge in [0.05, 0.1) is 0 Å². The van der Waals surface area contributed by atoms with E-state index in [1.54, 1.807) is 11.9 Å². The quantitative estimate of drug-likeness (QED) is 0.573. The maximum Gasteiger partial charge on any atom is 0.410 e. The average Bonchev–Trinajstić information content (AvgIpc) is 2.29. The Hall–Kier alpha value is -0.593. The van der Waals surface area contributed by atoms with Gasteiger partial charge in [-0.3, -0.25) is 0 Å². The molecular weight excluding hydrogens is 296 g/mol. The van der Waals surface area contributed by atoms with Crippen molar-refractivity contribution in [2.75, 3.05) is 33.3 Å². The van der Waals surface area contributed by atoms with Gasteiger partial charge in [-0.05, 0) is 38.9 Å². The summed E-state index contributed by atoms with van der Waals surface area (Å²) in [4.78, 5) is 13.4. The van der Waals surface area contributed by atoms with Gasteiger partial charge in [-0.15, -0.1) is 0 Å². The zero-order valence-electron chi connectivity index (χ0n) is 16.0. The van der Waals surface area contributed by atoms with E-state index in [-0.39, 0.29) is 11.1 Å². The predicted molar refractivity (Wildman–Crippen MR) is 94.9 cm³/mol. The van der Waals surface area contributed by atoms with Crippen LogP contribution in [-0.2, 0) is 9.16 Å². The lowest BCUT2D eigenvalue weighted by Crippen LogP contribution is -2.43. The summed E-state index contributed by atoms with van der Waals surface area (Å²) >= 11 is 0. The number of carbonyl (C=O) groups excluding carboxylic acids is 1. The molecule has 0 aliphatic heterocycles. The Labute approximate surface area is 137 Å². The van der Waals surface area contributed by atoms with Crippen LogP contribution in [0.3, 0.4) is 0 Å². The zero-order chi connectivity index (χ0) is 17.6. The molecule has 1 amide bonds. The SMILES string of the molecule is CN(CCNCCO[Si](C)(C)C(C)(C)C)C(=O)OC(C)(C)C. The maximum absolute atomic E-state index is 11.8. The molecule has 0 aliphatic rings. The van der Waals surface area contributed by atoms with Crippen LogP contribution in [0.25, 0.3) is 0 Å². The largest absolute Gasteiger partial charge is 0.444 e. The summed E-state index contributed by atoms with van der Waals surface area (Å²) in [5.74, 6) is 0. The Kier molecular flexibility index (Phi) is 8.09. The molecule has 132 valence electrons. The van der Waals surface area contributed by atoms with Gasteiger partial charge in [0.2, 0.25) is 0 Å². The number of hydrogen-bond acceptors (Lipinski definition) is 4. The number of amides is 1. The van der Waals surface area contributed by atoms with Gasteiger partial charge in [-0.2, -0.15) is 0 Å². The molecule has 6 heteroatoms. The zero-order valence-corrected chi connectivity index (χ0v) is 17.0. The number of hydrogen-bond donors (Lipinski definition) is 1. The van der Waals surface area contributed by atoms with E-state index in [1.165, 1.54) is 0 Å². The molecule has 0 spiro atoms. The van der Waals surface area contributed by atoms with Crippen molar-refractivity contribution in [2.45, 2.75) is 65.3 Å². The van der Waals surface area contributed by atoms with Crippen molar-refractivity contribution in [2.24, 2.45) is 0 Å². The lowest BCUT2D eigenvalue weighted by atomic mass is 10.2. The predicted octanol–water partition coefficient (Wildman–Crippen LogP) is 3.46. The molecule has 0 heterocycles. The van der Waals surface area contributed by atoms with Gasteiger partial charge in [0.15, 0.2) is 8.32 Å². The van der Waals surface area contributed by atoms with Crippen LogP contribution in [0.5, 0.6) is 0 Å². The van der Waals surface area contributed by atoms with Crippen molar-refractivity contribution >= 4 is 14.4 Å². The van der Waals surface area contributed by atoms with Crippen LogP contribution in [0, 0.1) is 0 Å². The summed E-state index contributed by atoms with van der Waals surface area (Å²) in [7, 11) is 0.0958. The van der Waals surface area contributed by atoms with Crippen LogP contribution in [0.4, 0.5) is 4.79 Å². The van der Waals surface area contributed by atoms with E-state index in [2.05, 4.69) is 39.2 Å². The van der Waals surface area contributed by atoms with Crippen LogP contribution >= 0.6 is 0 Å². The number of ether oxygens (including phenoxy) is 1. The molecule has 0 rings (SSSR count). The first kappa shape index (κ1) is 21.4. The second-order valence-corrected chi connectivity index (χ2v) is 13.1. The van der Waals surface area contributed by atoms with E-state index in [0.717, 1.165) is 13.1 Å². The van der Waals surface area contributed by atoms with Gasteiger partial charge in [0.1, 0.15) is 5.60 Å². The molecule has 0 fully saturated rings. The second kappa shape index (κ2) is 8.31. The second-order valence-electron chi connectivity index (χ2n) is 8.26. The van der Waals surface area contributed by atoms with Crippen LogP contribution in [0.15, 0.2) is 0 Å². The van der Waals surface area contributed by atoms with E-state index in [9.17, 15) is 4.79 Å². The first-order valence-corrected chi connectivity index (χ1v) is 11.0. The van der Waals surface area contributed by atoms with E-state index in [0.29, 0.717) is 13.2 Å². The highest BCUT2D eigenvalue weighted by molar-refractivity contribution is 6.74. The molecular formula is C16H36N2O3Si. The normalized spacial score (nSPS) is 13.1. The minimum Gasteiger partial charge on any atom is -0.444 e. The van der Waals surface area contributed by atoms with Crippen molar-refractivity contribution in [1.82, 2.24) is 10.2 Å². The Bertz CT molecular complexity index is 346. The summed E-state index contributed by atoms with van der Waals surface area (Å²) in [6.45, 7) is 19.7. The molecule has 0 bridgehead atoms. The van der Waals surface area contributed by atoms with Crippen molar-refractivity contribution in [3.8, 4) is 0 Å². The van der Waals surface area contributed by atoms with Crippen LogP contribution in [0.2, 0.25) is 18.1 Å². The lowest BCUT2D eigenvalue weighted by Gasteiger charge is -2.36. The summed E-state index contributed by atoms with van der Waals surface area (Å²) in [6, 6.07) is 0. The topological polar surface area (TPSA) is 50.8 Å². The van der Waals surface area contributed by atoms with E-state index >= 15 is 0 Å². The average molecular weight is 333 g/mol. The van der Waals surface area contributed by atoms with Crippen LogP contribution in [-0.4, -0.2) is 58.2 Å². The molecule has 0 atom stereocenters. The fourth-order valence-electron chi connectivity index (χ4n) is 1.40. The van der Waals surface area contributed by atoms with Crippen LogP contribution < -0.4 is 5.32 Å². The fourth-order valence-corrected chi connectivity index (χ4v) is 2.44. The highest BCUT2D eigenvalue weighted by atomic mass is 28.4. The number of nitrogens with zero attached hydrogens (tertiary/aromatic N) is 1. The van der Waals surface area contributed by atoms with Crippen molar-refractivity contribution in [3.05, 3.63) is 0 Å². The molecule has 0 saturated carbocycles. The monoisotopic (exact) mass is 332 g/mol. The Morgan fingerprint density at radius 2 is 1.64 bits per heavy atom. The Morgan fingerprint density at radius 3 is 2.09 bits per heavy atom. The summed E-state index contributed by atoms with van der Waals surface area (Å²) in [5, 5.41) is 3.55. The molecule has 22 heavy (non-hydrogen) atoms. The van der Waals surface area contributed by atoms with E-state index in [1.807, 2.05) is 20.8 Å². The Morgan fingerprint density at radius 1 is 1.09 bits per heavy atom. The summed E-state index contributed by atoms with van der Waals surface area (Å²) in [5.41, 5.74) is -0.449. The molecule has 0 aromatic heterocycles. The van der Waals surface area contributed by atoms with Crippen LogP contribution in [0.1, 0.15) is 41.5 Å². The van der Waals surface area contributed by atoms with Crippen molar-refractivity contribution in [3.63, 3.8) is 0 Å². The first-order valence-electron chi connectivity index (χ1n) is 8.05. The number of carbonyl (C=O) groups is 1. The van der Waals surface area contributed by atoms with Gasteiger partial charge < -0.3 is 19.4 Å². The van der Waals surface area contributed by atoms with E-state index in [4.69, 9.17) is 9.16 Å². The molecule has 5 nitrogen and oxygen atoms in total. The minimum atomic E-state index is -1.66. The van der Waals surface area contributed by atoms with Gasteiger partial charge in [0, 0.05) is 33.3 Å². The molecule has 0 aliphatic carbocycles. The van der Waals surface area contributed by atoms with Crippen molar-refractivity contribution < 1.29 is 14.0 Å². The lowest BCUT2D eigenvalue weighted by molar-refractivity contribution is 0.0300. The number of nitrogens with one attached hydrogen (secondary N) is 1. The van der Waals surface area contributed by atoms with Gasteiger partial charge in [0.25, 0.3) is 0 Å². The molecule has 0 aromatic carbocycles. The van der Waals surface area contributed by atoms with Gasteiger partial charge in [-0.1, -0.05) is 20.8 Å². The van der Waals surface area contributed by atoms with Crippen molar-refractivity contribution in [1.29, 1.82) is 0 Å². The minimum absolute atomic E-state index is 0.240. The third-order valence-corrected chi connectivity index (χ3v) is 8.42. The highest BCUT2D eigenvalue weighted by Gasteiger charge is 2.36. The smallest absolute Gasteiger partial charge is 0.410 e. The first-order chi connectivity index (χ1) is 9.76. The van der Waals surface area contributed by atoms with Gasteiger partial charge >= 0.3 is 6.09 Å². The number of rotatable bonds is 7. The third-order valence-electron chi connectivity index (χ3n) is 3.88. The van der Waals surface area contributed by atoms with Gasteiger partial charge in [-0.25, -0.2) is 4.79 Å². The fraction of sp³-hybridized carbons (Fsp3) is 0.938. The number of likely N-dealkylation sites (N-methyl/N-ethyl adjacent to an activating group) is 1.